The molecule has 0 spiro atoms. The average molecular weight is 340 g/mol. The van der Waals surface area contributed by atoms with Crippen LogP contribution >= 0.6 is 0 Å². The SMILES string of the molecule is CCOC(=O)C(O)=CC=C(C(=O)OCC)c1cccc2ccccc12. The zero-order valence-electron chi connectivity index (χ0n) is 14.2. The van der Waals surface area contributed by atoms with Gasteiger partial charge in [0.05, 0.1) is 18.8 Å². The van der Waals surface area contributed by atoms with Gasteiger partial charge in [-0.1, -0.05) is 42.5 Å². The maximum Gasteiger partial charge on any atom is 0.373 e. The standard InChI is InChI=1S/C20H20O5/c1-3-24-19(22)17(12-13-18(21)20(23)25-4-2)16-11-7-9-14-8-5-6-10-15(14)16/h5-13,21H,3-4H2,1-2H3. The van der Waals surface area contributed by atoms with Crippen LogP contribution in [0.2, 0.25) is 0 Å². The third kappa shape index (κ3) is 4.47. The highest BCUT2D eigenvalue weighted by molar-refractivity contribution is 6.20. The molecule has 1 N–H and O–H groups in total. The number of carbonyl (C=O) groups excluding carboxylic acids is 2. The first kappa shape index (κ1) is 18.3. The average Bonchev–Trinajstić information content (AvgIpc) is 2.62. The van der Waals surface area contributed by atoms with E-state index in [2.05, 4.69) is 0 Å². The number of carbonyl (C=O) groups is 2. The zero-order chi connectivity index (χ0) is 18.2. The van der Waals surface area contributed by atoms with Gasteiger partial charge < -0.3 is 14.6 Å². The highest BCUT2D eigenvalue weighted by Crippen LogP contribution is 2.26. The Kier molecular flexibility index (Phi) is 6.34. The van der Waals surface area contributed by atoms with Crippen molar-refractivity contribution in [3.8, 4) is 0 Å². The lowest BCUT2D eigenvalue weighted by molar-refractivity contribution is -0.141. The van der Waals surface area contributed by atoms with E-state index in [9.17, 15) is 14.7 Å². The second-order valence-corrected chi connectivity index (χ2v) is 5.10. The van der Waals surface area contributed by atoms with Crippen molar-refractivity contribution in [3.63, 3.8) is 0 Å². The zero-order valence-corrected chi connectivity index (χ0v) is 14.2. The number of allylic oxidation sites excluding steroid dienone is 2. The van der Waals surface area contributed by atoms with Crippen LogP contribution in [0.1, 0.15) is 19.4 Å². The van der Waals surface area contributed by atoms with Gasteiger partial charge in [-0.25, -0.2) is 9.59 Å². The number of fused-ring (bicyclic) bond motifs is 1. The van der Waals surface area contributed by atoms with Gasteiger partial charge in [-0.2, -0.15) is 0 Å². The summed E-state index contributed by atoms with van der Waals surface area (Å²) in [5, 5.41) is 11.6. The van der Waals surface area contributed by atoms with Crippen molar-refractivity contribution in [2.24, 2.45) is 0 Å². The molecular weight excluding hydrogens is 320 g/mol. The summed E-state index contributed by atoms with van der Waals surface area (Å²) in [4.78, 5) is 23.9. The smallest absolute Gasteiger partial charge is 0.373 e. The van der Waals surface area contributed by atoms with Gasteiger partial charge in [0.1, 0.15) is 0 Å². The first-order chi connectivity index (χ1) is 12.1. The summed E-state index contributed by atoms with van der Waals surface area (Å²) in [5.41, 5.74) is 0.902. The van der Waals surface area contributed by atoms with Gasteiger partial charge in [0.25, 0.3) is 0 Å². The Morgan fingerprint density at radius 3 is 2.28 bits per heavy atom. The lowest BCUT2D eigenvalue weighted by Crippen LogP contribution is -2.08. The molecule has 2 rings (SSSR count). The minimum absolute atomic E-state index is 0.147. The van der Waals surface area contributed by atoms with Crippen molar-refractivity contribution < 1.29 is 24.2 Å². The maximum absolute atomic E-state index is 12.4. The first-order valence-corrected chi connectivity index (χ1v) is 8.01. The van der Waals surface area contributed by atoms with E-state index < -0.39 is 17.7 Å². The van der Waals surface area contributed by atoms with E-state index >= 15 is 0 Å². The van der Waals surface area contributed by atoms with Crippen molar-refractivity contribution in [1.29, 1.82) is 0 Å². The predicted octanol–water partition coefficient (Wildman–Crippen LogP) is 3.79. The summed E-state index contributed by atoms with van der Waals surface area (Å²) in [7, 11) is 0. The van der Waals surface area contributed by atoms with Gasteiger partial charge in [0.15, 0.2) is 0 Å². The molecule has 0 aliphatic carbocycles. The van der Waals surface area contributed by atoms with Crippen LogP contribution in [0.5, 0.6) is 0 Å². The quantitative estimate of drug-likeness (QED) is 0.375. The molecule has 0 aliphatic rings. The molecule has 130 valence electrons. The highest BCUT2D eigenvalue weighted by Gasteiger charge is 2.16. The van der Waals surface area contributed by atoms with E-state index in [4.69, 9.17) is 9.47 Å². The molecular formula is C20H20O5. The highest BCUT2D eigenvalue weighted by atomic mass is 16.5. The van der Waals surface area contributed by atoms with Crippen LogP contribution in [-0.2, 0) is 19.1 Å². The Hall–Kier alpha value is -3.08. The molecule has 0 atom stereocenters. The van der Waals surface area contributed by atoms with E-state index in [0.29, 0.717) is 5.56 Å². The molecule has 0 saturated carbocycles. The number of aliphatic hydroxyl groups excluding tert-OH is 1. The number of benzene rings is 2. The fraction of sp³-hybridized carbons (Fsp3) is 0.200. The molecule has 5 heteroatoms. The molecule has 2 aromatic carbocycles. The summed E-state index contributed by atoms with van der Waals surface area (Å²) >= 11 is 0. The van der Waals surface area contributed by atoms with E-state index in [1.807, 2.05) is 36.4 Å². The van der Waals surface area contributed by atoms with Gasteiger partial charge in [-0.15, -0.1) is 0 Å². The number of hydrogen-bond donors (Lipinski definition) is 1. The second-order valence-electron chi connectivity index (χ2n) is 5.10. The van der Waals surface area contributed by atoms with Gasteiger partial charge in [0, 0.05) is 0 Å². The number of ether oxygens (including phenoxy) is 2. The summed E-state index contributed by atoms with van der Waals surface area (Å²) in [5.74, 6) is -1.96. The van der Waals surface area contributed by atoms with E-state index in [1.165, 1.54) is 6.08 Å². The number of esters is 2. The lowest BCUT2D eigenvalue weighted by atomic mass is 9.98. The topological polar surface area (TPSA) is 72.8 Å². The lowest BCUT2D eigenvalue weighted by Gasteiger charge is -2.10. The minimum Gasteiger partial charge on any atom is -0.502 e. The minimum atomic E-state index is -0.847. The molecule has 0 aliphatic heterocycles. The Bertz CT molecular complexity index is 828. The Morgan fingerprint density at radius 1 is 0.920 bits per heavy atom. The fourth-order valence-electron chi connectivity index (χ4n) is 2.37. The Morgan fingerprint density at radius 2 is 1.56 bits per heavy atom. The molecule has 2 aromatic rings. The molecule has 0 aromatic heterocycles. The molecule has 0 radical (unpaired) electrons. The van der Waals surface area contributed by atoms with Gasteiger partial charge in [-0.3, -0.25) is 0 Å². The Balaban J connectivity index is 2.53. The molecule has 0 saturated heterocycles. The molecule has 0 heterocycles. The monoisotopic (exact) mass is 340 g/mol. The second kappa shape index (κ2) is 8.68. The Labute approximate surface area is 146 Å². The van der Waals surface area contributed by atoms with Crippen LogP contribution < -0.4 is 0 Å². The van der Waals surface area contributed by atoms with Gasteiger partial charge in [-0.05, 0) is 42.3 Å². The summed E-state index contributed by atoms with van der Waals surface area (Å²) in [6.07, 6.45) is 2.51. The maximum atomic E-state index is 12.4. The van der Waals surface area contributed by atoms with Gasteiger partial charge >= 0.3 is 11.9 Å². The fourth-order valence-corrected chi connectivity index (χ4v) is 2.37. The number of aliphatic hydroxyl groups is 1. The third-order valence-electron chi connectivity index (χ3n) is 3.47. The van der Waals surface area contributed by atoms with Crippen LogP contribution in [0.4, 0.5) is 0 Å². The molecule has 5 nitrogen and oxygen atoms in total. The molecule has 0 bridgehead atoms. The summed E-state index contributed by atoms with van der Waals surface area (Å²) in [6, 6.07) is 13.2. The van der Waals surface area contributed by atoms with Crippen LogP contribution in [0.25, 0.3) is 16.3 Å². The van der Waals surface area contributed by atoms with Crippen molar-refractivity contribution >= 4 is 28.3 Å². The van der Waals surface area contributed by atoms with E-state index in [0.717, 1.165) is 16.8 Å². The summed E-state index contributed by atoms with van der Waals surface area (Å²) < 4.78 is 9.83. The van der Waals surface area contributed by atoms with Crippen molar-refractivity contribution in [2.45, 2.75) is 13.8 Å². The predicted molar refractivity (Wildman–Crippen MR) is 95.9 cm³/mol. The van der Waals surface area contributed by atoms with Crippen LogP contribution in [0.3, 0.4) is 0 Å². The third-order valence-corrected chi connectivity index (χ3v) is 3.47. The molecule has 25 heavy (non-hydrogen) atoms. The van der Waals surface area contributed by atoms with Gasteiger partial charge in [0.2, 0.25) is 5.76 Å². The van der Waals surface area contributed by atoms with Crippen molar-refractivity contribution in [3.05, 3.63) is 65.9 Å². The van der Waals surface area contributed by atoms with Crippen LogP contribution in [0.15, 0.2) is 60.4 Å². The summed E-state index contributed by atoms with van der Waals surface area (Å²) in [6.45, 7) is 3.72. The molecule has 0 unspecified atom stereocenters. The van der Waals surface area contributed by atoms with E-state index in [-0.39, 0.29) is 18.8 Å². The van der Waals surface area contributed by atoms with E-state index in [1.54, 1.807) is 19.9 Å². The van der Waals surface area contributed by atoms with Crippen LogP contribution in [-0.4, -0.2) is 30.3 Å². The van der Waals surface area contributed by atoms with Crippen molar-refractivity contribution in [2.75, 3.05) is 13.2 Å². The molecule has 0 amide bonds. The largest absolute Gasteiger partial charge is 0.502 e. The van der Waals surface area contributed by atoms with Crippen molar-refractivity contribution in [1.82, 2.24) is 0 Å². The molecule has 0 fully saturated rings. The number of rotatable bonds is 6. The first-order valence-electron chi connectivity index (χ1n) is 8.01. The number of hydrogen-bond acceptors (Lipinski definition) is 5. The van der Waals surface area contributed by atoms with Crippen LogP contribution in [0, 0.1) is 0 Å². The normalized spacial score (nSPS) is 12.1.